The Morgan fingerprint density at radius 1 is 1.62 bits per heavy atom. The molecule has 1 atom stereocenters. The lowest BCUT2D eigenvalue weighted by Crippen LogP contribution is -2.47. The summed E-state index contributed by atoms with van der Waals surface area (Å²) in [7, 11) is 1.78. The molecule has 1 unspecified atom stereocenters. The van der Waals surface area contributed by atoms with Gasteiger partial charge < -0.3 is 9.84 Å². The Hall–Kier alpha value is -0.370. The SMILES string of the molecule is CN(CC(=O)O)CC1CN(Cc2cc(Cl)sc2Cl)CCO1. The van der Waals surface area contributed by atoms with Gasteiger partial charge in [-0.1, -0.05) is 23.2 Å². The zero-order chi connectivity index (χ0) is 15.4. The van der Waals surface area contributed by atoms with Crippen LogP contribution in [0.4, 0.5) is 0 Å². The van der Waals surface area contributed by atoms with Gasteiger partial charge in [0.1, 0.15) is 0 Å². The average Bonchev–Trinajstić information content (AvgIpc) is 2.67. The Bertz CT molecular complexity index is 498. The minimum Gasteiger partial charge on any atom is -0.480 e. The molecule has 0 bridgehead atoms. The summed E-state index contributed by atoms with van der Waals surface area (Å²) < 4.78 is 7.12. The number of nitrogens with zero attached hydrogens (tertiary/aromatic N) is 2. The highest BCUT2D eigenvalue weighted by Gasteiger charge is 2.23. The molecule has 0 saturated carbocycles. The van der Waals surface area contributed by atoms with E-state index >= 15 is 0 Å². The van der Waals surface area contributed by atoms with Crippen molar-refractivity contribution in [2.75, 3.05) is 39.8 Å². The summed E-state index contributed by atoms with van der Waals surface area (Å²) in [6.07, 6.45) is 0.0102. The molecule has 0 aromatic carbocycles. The molecule has 1 aromatic heterocycles. The summed E-state index contributed by atoms with van der Waals surface area (Å²) in [5.41, 5.74) is 1.03. The fourth-order valence-electron chi connectivity index (χ4n) is 2.40. The monoisotopic (exact) mass is 352 g/mol. The van der Waals surface area contributed by atoms with E-state index in [0.29, 0.717) is 17.5 Å². The highest BCUT2D eigenvalue weighted by atomic mass is 35.5. The van der Waals surface area contributed by atoms with Crippen LogP contribution < -0.4 is 0 Å². The minimum atomic E-state index is -0.829. The molecule has 0 aliphatic carbocycles. The highest BCUT2D eigenvalue weighted by Crippen LogP contribution is 2.32. The fourth-order valence-corrected chi connectivity index (χ4v) is 3.87. The zero-order valence-electron chi connectivity index (χ0n) is 11.7. The average molecular weight is 353 g/mol. The number of morpholine rings is 1. The second-order valence-electron chi connectivity index (χ2n) is 5.17. The molecule has 5 nitrogen and oxygen atoms in total. The molecule has 21 heavy (non-hydrogen) atoms. The van der Waals surface area contributed by atoms with Gasteiger partial charge in [0.25, 0.3) is 0 Å². The smallest absolute Gasteiger partial charge is 0.317 e. The number of aliphatic carboxylic acids is 1. The number of carboxylic acids is 1. The van der Waals surface area contributed by atoms with E-state index in [9.17, 15) is 4.79 Å². The van der Waals surface area contributed by atoms with Crippen molar-refractivity contribution in [1.29, 1.82) is 0 Å². The second kappa shape index (κ2) is 7.76. The van der Waals surface area contributed by atoms with Crippen molar-refractivity contribution in [2.24, 2.45) is 0 Å². The number of carboxylic acid groups (broad SMARTS) is 1. The summed E-state index contributed by atoms with van der Waals surface area (Å²) in [6.45, 7) is 3.59. The van der Waals surface area contributed by atoms with Gasteiger partial charge in [0.15, 0.2) is 0 Å². The van der Waals surface area contributed by atoms with E-state index in [4.69, 9.17) is 33.0 Å². The number of rotatable bonds is 6. The Kier molecular flexibility index (Phi) is 6.28. The molecule has 1 fully saturated rings. The summed E-state index contributed by atoms with van der Waals surface area (Å²) >= 11 is 13.5. The Morgan fingerprint density at radius 2 is 2.38 bits per heavy atom. The molecule has 2 heterocycles. The first-order valence-electron chi connectivity index (χ1n) is 6.62. The van der Waals surface area contributed by atoms with Crippen LogP contribution in [0.15, 0.2) is 6.07 Å². The lowest BCUT2D eigenvalue weighted by molar-refractivity contribution is -0.138. The van der Waals surface area contributed by atoms with Crippen molar-refractivity contribution < 1.29 is 14.6 Å². The summed E-state index contributed by atoms with van der Waals surface area (Å²) in [5, 5.41) is 8.77. The van der Waals surface area contributed by atoms with Gasteiger partial charge in [-0.15, -0.1) is 11.3 Å². The molecule has 8 heteroatoms. The lowest BCUT2D eigenvalue weighted by atomic mass is 10.2. The van der Waals surface area contributed by atoms with Gasteiger partial charge in [-0.05, 0) is 18.7 Å². The predicted molar refractivity (Wildman–Crippen MR) is 84.5 cm³/mol. The van der Waals surface area contributed by atoms with Crippen molar-refractivity contribution in [3.8, 4) is 0 Å². The Morgan fingerprint density at radius 3 is 3.00 bits per heavy atom. The molecule has 1 aliphatic rings. The van der Waals surface area contributed by atoms with Gasteiger partial charge in [0.05, 0.1) is 27.9 Å². The molecule has 1 saturated heterocycles. The molecule has 118 valence electrons. The molecule has 0 radical (unpaired) electrons. The van der Waals surface area contributed by atoms with Gasteiger partial charge in [0, 0.05) is 26.2 Å². The molecule has 1 aliphatic heterocycles. The number of thiophene rings is 1. The fraction of sp³-hybridized carbons (Fsp3) is 0.615. The van der Waals surface area contributed by atoms with Crippen molar-refractivity contribution in [1.82, 2.24) is 9.80 Å². The topological polar surface area (TPSA) is 53.0 Å². The maximum Gasteiger partial charge on any atom is 0.317 e. The van der Waals surface area contributed by atoms with Crippen molar-refractivity contribution >= 4 is 40.5 Å². The van der Waals surface area contributed by atoms with Crippen molar-refractivity contribution in [2.45, 2.75) is 12.6 Å². The number of carbonyl (C=O) groups is 1. The maximum atomic E-state index is 10.7. The number of hydrogen-bond acceptors (Lipinski definition) is 5. The molecular formula is C13H18Cl2N2O3S. The summed E-state index contributed by atoms with van der Waals surface area (Å²) in [5.74, 6) is -0.829. The van der Waals surface area contributed by atoms with E-state index in [1.807, 2.05) is 6.07 Å². The van der Waals surface area contributed by atoms with Crippen LogP contribution in [0.2, 0.25) is 8.67 Å². The predicted octanol–water partition coefficient (Wildman–Crippen LogP) is 2.27. The third kappa shape index (κ3) is 5.39. The molecule has 2 rings (SSSR count). The first-order valence-corrected chi connectivity index (χ1v) is 8.19. The normalized spacial score (nSPS) is 20.1. The second-order valence-corrected chi connectivity index (χ2v) is 7.45. The molecular weight excluding hydrogens is 335 g/mol. The molecule has 0 spiro atoms. The minimum absolute atomic E-state index is 0.0102. The van der Waals surface area contributed by atoms with Gasteiger partial charge in [-0.25, -0.2) is 0 Å². The standard InChI is InChI=1S/C13H18Cl2N2O3S/c1-16(8-12(18)19)6-10-7-17(2-3-20-10)5-9-4-11(14)21-13(9)15/h4,10H,2-3,5-8H2,1H3,(H,18,19). The molecule has 1 N–H and O–H groups in total. The quantitative estimate of drug-likeness (QED) is 0.850. The van der Waals surface area contributed by atoms with E-state index < -0.39 is 5.97 Å². The van der Waals surface area contributed by atoms with Crippen LogP contribution in [0.3, 0.4) is 0 Å². The maximum absolute atomic E-state index is 10.7. The van der Waals surface area contributed by atoms with Crippen LogP contribution in [0, 0.1) is 0 Å². The number of likely N-dealkylation sites (N-methyl/N-ethyl adjacent to an activating group) is 1. The lowest BCUT2D eigenvalue weighted by Gasteiger charge is -2.34. The van der Waals surface area contributed by atoms with E-state index in [0.717, 1.165) is 29.5 Å². The Balaban J connectivity index is 1.86. The first-order chi connectivity index (χ1) is 9.94. The van der Waals surface area contributed by atoms with Crippen molar-refractivity contribution in [3.63, 3.8) is 0 Å². The third-order valence-electron chi connectivity index (χ3n) is 3.26. The van der Waals surface area contributed by atoms with Crippen LogP contribution in [-0.4, -0.2) is 66.8 Å². The van der Waals surface area contributed by atoms with Crippen LogP contribution in [-0.2, 0) is 16.1 Å². The third-order valence-corrected chi connectivity index (χ3v) is 4.83. The zero-order valence-corrected chi connectivity index (χ0v) is 14.0. The first kappa shape index (κ1) is 17.0. The van der Waals surface area contributed by atoms with E-state index in [-0.39, 0.29) is 12.6 Å². The number of hydrogen-bond donors (Lipinski definition) is 1. The van der Waals surface area contributed by atoms with E-state index in [1.54, 1.807) is 11.9 Å². The summed E-state index contributed by atoms with van der Waals surface area (Å²) in [4.78, 5) is 14.7. The van der Waals surface area contributed by atoms with Gasteiger partial charge in [-0.3, -0.25) is 14.6 Å². The van der Waals surface area contributed by atoms with Crippen LogP contribution in [0.5, 0.6) is 0 Å². The number of halogens is 2. The van der Waals surface area contributed by atoms with Crippen LogP contribution >= 0.6 is 34.5 Å². The largest absolute Gasteiger partial charge is 0.480 e. The van der Waals surface area contributed by atoms with E-state index in [2.05, 4.69) is 4.90 Å². The van der Waals surface area contributed by atoms with E-state index in [1.165, 1.54) is 11.3 Å². The Labute approximate surface area is 138 Å². The van der Waals surface area contributed by atoms with Crippen LogP contribution in [0.1, 0.15) is 5.56 Å². The van der Waals surface area contributed by atoms with Crippen LogP contribution in [0.25, 0.3) is 0 Å². The van der Waals surface area contributed by atoms with Crippen molar-refractivity contribution in [3.05, 3.63) is 20.3 Å². The molecule has 1 aromatic rings. The molecule has 0 amide bonds. The van der Waals surface area contributed by atoms with Gasteiger partial charge >= 0.3 is 5.97 Å². The summed E-state index contributed by atoms with van der Waals surface area (Å²) in [6, 6.07) is 1.90. The highest BCUT2D eigenvalue weighted by molar-refractivity contribution is 7.20. The van der Waals surface area contributed by atoms with Gasteiger partial charge in [0.2, 0.25) is 0 Å². The van der Waals surface area contributed by atoms with Gasteiger partial charge in [-0.2, -0.15) is 0 Å². The number of ether oxygens (including phenoxy) is 1.